The fourth-order valence-corrected chi connectivity index (χ4v) is 7.23. The summed E-state index contributed by atoms with van der Waals surface area (Å²) < 4.78 is 7.88. The molecule has 40 heavy (non-hydrogen) atoms. The number of nitriles is 1. The van der Waals surface area contributed by atoms with Gasteiger partial charge in [0, 0.05) is 22.5 Å². The van der Waals surface area contributed by atoms with Crippen LogP contribution >= 0.6 is 46.3 Å². The number of allylic oxidation sites excluding steroid dienone is 1. The summed E-state index contributed by atoms with van der Waals surface area (Å²) in [7, 11) is 0. The van der Waals surface area contributed by atoms with Crippen LogP contribution in [0, 0.1) is 22.7 Å². The summed E-state index contributed by atoms with van der Waals surface area (Å²) in [6.07, 6.45) is 5.26. The largest absolute Gasteiger partial charge is 0.481 e. The second kappa shape index (κ2) is 13.0. The van der Waals surface area contributed by atoms with Crippen molar-refractivity contribution in [2.24, 2.45) is 11.3 Å². The van der Waals surface area contributed by atoms with E-state index in [0.717, 1.165) is 31.2 Å². The van der Waals surface area contributed by atoms with Crippen LogP contribution in [0.25, 0.3) is 0 Å². The monoisotopic (exact) mass is 617 g/mol. The number of fused-ring (bicyclic) bond motifs is 1. The minimum atomic E-state index is -0.483. The summed E-state index contributed by atoms with van der Waals surface area (Å²) in [6, 6.07) is 7.35. The zero-order chi connectivity index (χ0) is 29.0. The lowest BCUT2D eigenvalue weighted by Gasteiger charge is -2.36. The quantitative estimate of drug-likeness (QED) is 0.172. The predicted octanol–water partition coefficient (Wildman–Crippen LogP) is 8.12. The maximum atomic E-state index is 13.0. The van der Waals surface area contributed by atoms with Gasteiger partial charge in [0.15, 0.2) is 17.1 Å². The minimum absolute atomic E-state index is 0.115. The van der Waals surface area contributed by atoms with Gasteiger partial charge in [-0.3, -0.25) is 9.36 Å². The number of carbonyl (C=O) groups is 1. The molecule has 1 amide bonds. The first-order valence-electron chi connectivity index (χ1n) is 13.2. The zero-order valence-electron chi connectivity index (χ0n) is 23.1. The van der Waals surface area contributed by atoms with E-state index in [1.807, 2.05) is 11.5 Å². The molecule has 1 aliphatic carbocycles. The van der Waals surface area contributed by atoms with Crippen molar-refractivity contribution in [1.82, 2.24) is 14.8 Å². The molecule has 4 rings (SSSR count). The average Bonchev–Trinajstić information content (AvgIpc) is 3.49. The summed E-state index contributed by atoms with van der Waals surface area (Å²) in [5, 5.41) is 23.7. The number of rotatable bonds is 11. The van der Waals surface area contributed by atoms with Gasteiger partial charge < -0.3 is 10.1 Å². The molecule has 0 bridgehead atoms. The Balaban J connectivity index is 1.44. The van der Waals surface area contributed by atoms with Gasteiger partial charge >= 0.3 is 0 Å². The number of thioether (sulfide) groups is 1. The number of thiophene rings is 1. The first-order valence-corrected chi connectivity index (χ1v) is 15.8. The fraction of sp³-hybridized carbons (Fsp3) is 0.448. The topological polar surface area (TPSA) is 92.8 Å². The standard InChI is InChI=1S/C29H33Cl2N5O2S2/c1-6-12-36-26(17(3)38-23-14-19(30)9-11-22(23)31)34-35-28(36)39-16-25(37)33-27-21(15-32)20-10-8-18(13-24(20)40-27)29(4,5)7-2/h6,9,11,14,17-18H,1,7-8,10,12-13,16H2,2-5H3,(H,33,37). The van der Waals surface area contributed by atoms with Crippen LogP contribution in [0.3, 0.4) is 0 Å². The third-order valence-electron chi connectivity index (χ3n) is 7.60. The van der Waals surface area contributed by atoms with E-state index in [4.69, 9.17) is 27.9 Å². The molecule has 2 unspecified atom stereocenters. The van der Waals surface area contributed by atoms with Crippen LogP contribution in [0.15, 0.2) is 36.0 Å². The Morgan fingerprint density at radius 1 is 1.43 bits per heavy atom. The minimum Gasteiger partial charge on any atom is -0.481 e. The predicted molar refractivity (Wildman–Crippen MR) is 164 cm³/mol. The molecular weight excluding hydrogens is 585 g/mol. The number of nitrogens with zero attached hydrogens (tertiary/aromatic N) is 4. The van der Waals surface area contributed by atoms with Gasteiger partial charge in [-0.15, -0.1) is 28.1 Å². The second-order valence-corrected chi connectivity index (χ2v) is 13.4. The highest BCUT2D eigenvalue weighted by atomic mass is 35.5. The van der Waals surface area contributed by atoms with E-state index < -0.39 is 6.10 Å². The van der Waals surface area contributed by atoms with Gasteiger partial charge in [-0.05, 0) is 55.2 Å². The van der Waals surface area contributed by atoms with Gasteiger partial charge in [0.25, 0.3) is 0 Å². The van der Waals surface area contributed by atoms with Gasteiger partial charge in [-0.2, -0.15) is 5.26 Å². The number of carbonyl (C=O) groups excluding carboxylic acids is 1. The van der Waals surface area contributed by atoms with Crippen LogP contribution in [-0.4, -0.2) is 26.4 Å². The van der Waals surface area contributed by atoms with Crippen molar-refractivity contribution >= 4 is 57.2 Å². The number of nitrogens with one attached hydrogen (secondary N) is 1. The SMILES string of the molecule is C=CCn1c(SCC(=O)Nc2sc3c(c2C#N)CCC(C(C)(C)CC)C3)nnc1C(C)Oc1cc(Cl)ccc1Cl. The molecule has 3 aromatic rings. The van der Waals surface area contributed by atoms with E-state index in [-0.39, 0.29) is 17.1 Å². The van der Waals surface area contributed by atoms with Crippen LogP contribution in [0.1, 0.15) is 68.5 Å². The van der Waals surface area contributed by atoms with Crippen molar-refractivity contribution in [3.8, 4) is 11.8 Å². The molecule has 7 nitrogen and oxygen atoms in total. The van der Waals surface area contributed by atoms with Gasteiger partial charge in [0.05, 0.1) is 16.3 Å². The number of benzene rings is 1. The highest BCUT2D eigenvalue weighted by Crippen LogP contribution is 2.45. The smallest absolute Gasteiger partial charge is 0.235 e. The lowest BCUT2D eigenvalue weighted by atomic mass is 9.69. The molecule has 2 heterocycles. The number of halogens is 2. The number of anilines is 1. The van der Waals surface area contributed by atoms with Crippen molar-refractivity contribution in [2.45, 2.75) is 71.2 Å². The Kier molecular flexibility index (Phi) is 9.89. The summed E-state index contributed by atoms with van der Waals surface area (Å²) in [5.74, 6) is 1.50. The summed E-state index contributed by atoms with van der Waals surface area (Å²) >= 11 is 15.2. The van der Waals surface area contributed by atoms with Gasteiger partial charge in [-0.25, -0.2) is 0 Å². The fourth-order valence-electron chi connectivity index (χ4n) is 4.86. The van der Waals surface area contributed by atoms with Crippen molar-refractivity contribution in [2.75, 3.05) is 11.1 Å². The van der Waals surface area contributed by atoms with Crippen molar-refractivity contribution in [3.63, 3.8) is 0 Å². The maximum Gasteiger partial charge on any atom is 0.235 e. The van der Waals surface area contributed by atoms with E-state index in [2.05, 4.69) is 48.9 Å². The number of hydrogen-bond donors (Lipinski definition) is 1. The Bertz CT molecular complexity index is 1440. The van der Waals surface area contributed by atoms with Crippen LogP contribution in [0.4, 0.5) is 5.00 Å². The van der Waals surface area contributed by atoms with Crippen molar-refractivity contribution in [1.29, 1.82) is 5.26 Å². The Labute approximate surface area is 253 Å². The average molecular weight is 619 g/mol. The van der Waals surface area contributed by atoms with Crippen molar-refractivity contribution in [3.05, 3.63) is 62.7 Å². The Morgan fingerprint density at radius 3 is 2.90 bits per heavy atom. The van der Waals surface area contributed by atoms with Gasteiger partial charge in [0.1, 0.15) is 16.8 Å². The third-order valence-corrected chi connectivity index (χ3v) is 10.3. The molecule has 0 fully saturated rings. The number of aromatic nitrogens is 3. The lowest BCUT2D eigenvalue weighted by molar-refractivity contribution is -0.113. The number of amides is 1. The van der Waals surface area contributed by atoms with Crippen LogP contribution in [-0.2, 0) is 24.2 Å². The number of hydrogen-bond acceptors (Lipinski definition) is 7. The molecule has 11 heteroatoms. The first kappa shape index (κ1) is 30.4. The molecule has 0 radical (unpaired) electrons. The van der Waals surface area contributed by atoms with Gasteiger partial charge in [0.2, 0.25) is 5.91 Å². The second-order valence-electron chi connectivity index (χ2n) is 10.5. The van der Waals surface area contributed by atoms with E-state index in [9.17, 15) is 10.1 Å². The van der Waals surface area contributed by atoms with E-state index >= 15 is 0 Å². The normalized spacial score (nSPS) is 15.7. The molecule has 1 aliphatic rings. The Morgan fingerprint density at radius 2 is 2.20 bits per heavy atom. The summed E-state index contributed by atoms with van der Waals surface area (Å²) in [4.78, 5) is 14.2. The van der Waals surface area contributed by atoms with E-state index in [1.54, 1.807) is 35.6 Å². The highest BCUT2D eigenvalue weighted by molar-refractivity contribution is 7.99. The van der Waals surface area contributed by atoms with Crippen LogP contribution in [0.5, 0.6) is 5.75 Å². The van der Waals surface area contributed by atoms with Crippen LogP contribution < -0.4 is 10.1 Å². The third kappa shape index (κ3) is 6.68. The molecule has 0 saturated heterocycles. The van der Waals surface area contributed by atoms with Crippen LogP contribution in [0.2, 0.25) is 10.0 Å². The van der Waals surface area contributed by atoms with Gasteiger partial charge in [-0.1, -0.05) is 68.2 Å². The zero-order valence-corrected chi connectivity index (χ0v) is 26.2. The molecule has 2 aromatic heterocycles. The molecule has 0 spiro atoms. The molecule has 212 valence electrons. The highest BCUT2D eigenvalue weighted by Gasteiger charge is 2.34. The van der Waals surface area contributed by atoms with E-state index in [0.29, 0.717) is 49.8 Å². The molecule has 0 aliphatic heterocycles. The first-order chi connectivity index (χ1) is 19.1. The molecule has 1 N–H and O–H groups in total. The summed E-state index contributed by atoms with van der Waals surface area (Å²) in [6.45, 7) is 13.0. The molecule has 1 aromatic carbocycles. The Hall–Kier alpha value is -2.51. The molecule has 0 saturated carbocycles. The van der Waals surface area contributed by atoms with E-state index in [1.165, 1.54) is 16.6 Å². The molecular formula is C29H33Cl2N5O2S2. The number of ether oxygens (including phenoxy) is 1. The van der Waals surface area contributed by atoms with Crippen molar-refractivity contribution < 1.29 is 9.53 Å². The maximum absolute atomic E-state index is 13.0. The molecule has 2 atom stereocenters. The summed E-state index contributed by atoms with van der Waals surface area (Å²) in [5.41, 5.74) is 1.95. The lowest BCUT2D eigenvalue weighted by Crippen LogP contribution is -2.28.